The second-order valence-corrected chi connectivity index (χ2v) is 8.04. The number of hydrogen-bond acceptors (Lipinski definition) is 1. The lowest BCUT2D eigenvalue weighted by molar-refractivity contribution is 0.565. The first-order valence-electron chi connectivity index (χ1n) is 10.3. The van der Waals surface area contributed by atoms with Gasteiger partial charge in [-0.05, 0) is 84.1 Å². The number of nitriles is 1. The Kier molecular flexibility index (Phi) is 6.55. The maximum atomic E-state index is 14.7. The van der Waals surface area contributed by atoms with Gasteiger partial charge in [-0.2, -0.15) is 5.26 Å². The molecule has 0 unspecified atom stereocenters. The summed E-state index contributed by atoms with van der Waals surface area (Å²) in [6.07, 6.45) is -0.338. The van der Waals surface area contributed by atoms with Crippen molar-refractivity contribution in [1.29, 1.82) is 5.26 Å². The molecule has 0 radical (unpaired) electrons. The van der Waals surface area contributed by atoms with Crippen molar-refractivity contribution < 1.29 is 35.1 Å². The Hall–Kier alpha value is -4.19. The lowest BCUT2D eigenvalue weighted by Crippen LogP contribution is -2.00. The molecule has 0 spiro atoms. The normalized spacial score (nSPS) is 11.0. The summed E-state index contributed by atoms with van der Waals surface area (Å²) in [4.78, 5) is 0. The summed E-state index contributed by atoms with van der Waals surface area (Å²) in [7, 11) is 0. The van der Waals surface area contributed by atoms with Gasteiger partial charge in [-0.1, -0.05) is 0 Å². The molecule has 0 aliphatic heterocycles. The van der Waals surface area contributed by atoms with Gasteiger partial charge in [0.25, 0.3) is 0 Å². The van der Waals surface area contributed by atoms with Gasteiger partial charge in [-0.25, -0.2) is 35.1 Å². The molecule has 0 heterocycles. The number of nitrogens with zero attached hydrogens (tertiary/aromatic N) is 1. The van der Waals surface area contributed by atoms with Crippen LogP contribution in [0.5, 0.6) is 0 Å². The van der Waals surface area contributed by atoms with Gasteiger partial charge in [0, 0.05) is 5.56 Å². The van der Waals surface area contributed by atoms with Gasteiger partial charge in [-0.3, -0.25) is 0 Å². The average Bonchev–Trinajstić information content (AvgIpc) is 2.76. The van der Waals surface area contributed by atoms with Gasteiger partial charge < -0.3 is 0 Å². The second kappa shape index (κ2) is 9.46. The smallest absolute Gasteiger partial charge is 0.144 e. The highest BCUT2D eigenvalue weighted by Gasteiger charge is 2.20. The molecule has 0 atom stereocenters. The number of benzene rings is 4. The maximum Gasteiger partial charge on any atom is 0.144 e. The van der Waals surface area contributed by atoms with E-state index in [4.69, 9.17) is 5.26 Å². The molecule has 0 bridgehead atoms. The first-order valence-corrected chi connectivity index (χ1v) is 10.3. The Morgan fingerprint density at radius 3 is 1.19 bits per heavy atom. The van der Waals surface area contributed by atoms with Gasteiger partial charge in [0.15, 0.2) is 0 Å². The fourth-order valence-electron chi connectivity index (χ4n) is 3.86. The molecule has 4 rings (SSSR count). The van der Waals surface area contributed by atoms with Crippen LogP contribution in [0, 0.1) is 64.8 Å². The van der Waals surface area contributed by atoms with Crippen molar-refractivity contribution in [3.05, 3.63) is 117 Å². The number of halogens is 8. The summed E-state index contributed by atoms with van der Waals surface area (Å²) in [6, 6.07) is 7.51. The van der Waals surface area contributed by atoms with Crippen molar-refractivity contribution in [2.45, 2.75) is 13.3 Å². The highest BCUT2D eigenvalue weighted by molar-refractivity contribution is 5.68. The third-order valence-corrected chi connectivity index (χ3v) is 5.62. The summed E-state index contributed by atoms with van der Waals surface area (Å²) < 4.78 is 114. The SMILES string of the molecule is Cc1c(F)cc(-c2c(F)cc(Cc3cc(F)c(-c4cc(F)c(C#N)c(F)c4)c(F)c3)cc2F)cc1F. The molecular formula is C27H13F8N. The van der Waals surface area contributed by atoms with Crippen LogP contribution in [0.25, 0.3) is 22.3 Å². The summed E-state index contributed by atoms with van der Waals surface area (Å²) >= 11 is 0. The molecule has 0 aliphatic rings. The van der Waals surface area contributed by atoms with Crippen LogP contribution in [0.1, 0.15) is 22.3 Å². The minimum atomic E-state index is -1.30. The minimum absolute atomic E-state index is 0.0381. The number of hydrogen-bond donors (Lipinski definition) is 0. The van der Waals surface area contributed by atoms with Gasteiger partial charge >= 0.3 is 0 Å². The van der Waals surface area contributed by atoms with Gasteiger partial charge in [0.1, 0.15) is 58.2 Å². The van der Waals surface area contributed by atoms with Gasteiger partial charge in [0.2, 0.25) is 0 Å². The van der Waals surface area contributed by atoms with E-state index in [1.54, 1.807) is 0 Å². The zero-order valence-electron chi connectivity index (χ0n) is 18.3. The Morgan fingerprint density at radius 2 is 0.861 bits per heavy atom. The lowest BCUT2D eigenvalue weighted by Gasteiger charge is -2.12. The van der Waals surface area contributed by atoms with Crippen LogP contribution in [-0.2, 0) is 6.42 Å². The third-order valence-electron chi connectivity index (χ3n) is 5.62. The number of rotatable bonds is 4. The molecule has 0 N–H and O–H groups in total. The highest BCUT2D eigenvalue weighted by Crippen LogP contribution is 2.33. The molecule has 0 saturated carbocycles. The van der Waals surface area contributed by atoms with Gasteiger partial charge in [-0.15, -0.1) is 0 Å². The molecule has 182 valence electrons. The van der Waals surface area contributed by atoms with Crippen molar-refractivity contribution in [2.24, 2.45) is 0 Å². The quantitative estimate of drug-likeness (QED) is 0.260. The molecule has 0 aliphatic carbocycles. The molecular weight excluding hydrogens is 490 g/mol. The van der Waals surface area contributed by atoms with Crippen LogP contribution in [0.3, 0.4) is 0 Å². The first-order chi connectivity index (χ1) is 17.0. The predicted octanol–water partition coefficient (Wildman–Crippen LogP) is 7.90. The van der Waals surface area contributed by atoms with Crippen molar-refractivity contribution in [1.82, 2.24) is 0 Å². The molecule has 4 aromatic rings. The minimum Gasteiger partial charge on any atom is -0.207 e. The van der Waals surface area contributed by atoms with Crippen molar-refractivity contribution >= 4 is 0 Å². The summed E-state index contributed by atoms with van der Waals surface area (Å²) in [5.41, 5.74) is -3.57. The molecule has 36 heavy (non-hydrogen) atoms. The summed E-state index contributed by atoms with van der Waals surface area (Å²) in [6.45, 7) is 1.17. The summed E-state index contributed by atoms with van der Waals surface area (Å²) in [5, 5.41) is 8.74. The van der Waals surface area contributed by atoms with E-state index in [-0.39, 0.29) is 28.7 Å². The van der Waals surface area contributed by atoms with Crippen LogP contribution in [0.4, 0.5) is 35.1 Å². The summed E-state index contributed by atoms with van der Waals surface area (Å²) in [5.74, 6) is -9.25. The largest absolute Gasteiger partial charge is 0.207 e. The van der Waals surface area contributed by atoms with E-state index in [0.29, 0.717) is 12.1 Å². The van der Waals surface area contributed by atoms with Crippen molar-refractivity contribution in [3.63, 3.8) is 0 Å². The third kappa shape index (κ3) is 4.54. The van der Waals surface area contributed by atoms with E-state index < -0.39 is 68.8 Å². The Morgan fingerprint density at radius 1 is 0.528 bits per heavy atom. The zero-order chi connectivity index (χ0) is 26.3. The van der Waals surface area contributed by atoms with Crippen LogP contribution in [-0.4, -0.2) is 0 Å². The Labute approximate surface area is 199 Å². The monoisotopic (exact) mass is 503 g/mol. The zero-order valence-corrected chi connectivity index (χ0v) is 18.3. The molecule has 1 nitrogen and oxygen atoms in total. The van der Waals surface area contributed by atoms with E-state index in [9.17, 15) is 35.1 Å². The van der Waals surface area contributed by atoms with Crippen molar-refractivity contribution in [3.8, 4) is 28.3 Å². The fourth-order valence-corrected chi connectivity index (χ4v) is 3.86. The van der Waals surface area contributed by atoms with E-state index in [1.165, 1.54) is 13.0 Å². The topological polar surface area (TPSA) is 23.8 Å². The Balaban J connectivity index is 1.69. The van der Waals surface area contributed by atoms with Crippen LogP contribution in [0.15, 0.2) is 48.5 Å². The average molecular weight is 503 g/mol. The standard InChI is InChI=1S/C27H13F8N/c1-12-18(28)7-15(8-19(12)29)26-22(32)3-13(4-23(26)33)2-14-5-24(34)27(25(35)6-14)16-9-20(30)17(11-36)21(31)10-16/h3-10H,2H2,1H3. The first kappa shape index (κ1) is 24.9. The van der Waals surface area contributed by atoms with E-state index >= 15 is 0 Å². The van der Waals surface area contributed by atoms with E-state index in [0.717, 1.165) is 36.4 Å². The molecule has 0 aromatic heterocycles. The maximum absolute atomic E-state index is 14.7. The molecule has 0 amide bonds. The second-order valence-electron chi connectivity index (χ2n) is 8.04. The molecule has 0 saturated heterocycles. The van der Waals surface area contributed by atoms with Crippen LogP contribution < -0.4 is 0 Å². The molecule has 4 aromatic carbocycles. The fraction of sp³-hybridized carbons (Fsp3) is 0.0741. The molecule has 9 heteroatoms. The van der Waals surface area contributed by atoms with Crippen LogP contribution in [0.2, 0.25) is 0 Å². The van der Waals surface area contributed by atoms with Crippen LogP contribution >= 0.6 is 0 Å². The van der Waals surface area contributed by atoms with Crippen molar-refractivity contribution in [2.75, 3.05) is 0 Å². The van der Waals surface area contributed by atoms with E-state index in [2.05, 4.69) is 0 Å². The Bertz CT molecular complexity index is 1480. The van der Waals surface area contributed by atoms with E-state index in [1.807, 2.05) is 0 Å². The molecule has 0 fully saturated rings. The lowest BCUT2D eigenvalue weighted by atomic mass is 9.96. The highest BCUT2D eigenvalue weighted by atomic mass is 19.2. The predicted molar refractivity (Wildman–Crippen MR) is 116 cm³/mol. The van der Waals surface area contributed by atoms with Gasteiger partial charge in [0.05, 0.1) is 11.1 Å².